The van der Waals surface area contributed by atoms with Crippen molar-refractivity contribution in [1.82, 2.24) is 5.32 Å². The molecule has 0 amide bonds. The minimum absolute atomic E-state index is 0.0563. The lowest BCUT2D eigenvalue weighted by Gasteiger charge is -2.27. The molecule has 96 valence electrons. The maximum atomic E-state index is 9.31. The van der Waals surface area contributed by atoms with Gasteiger partial charge in [0, 0.05) is 23.1 Å². The Hall–Kier alpha value is -0.510. The number of aliphatic hydroxyl groups excluding tert-OH is 1. The maximum Gasteiger partial charge on any atom is 0.0592 e. The Kier molecular flexibility index (Phi) is 6.03. The first-order valence-electron chi connectivity index (χ1n) is 6.01. The Balaban J connectivity index is 2.29. The van der Waals surface area contributed by atoms with Gasteiger partial charge < -0.3 is 10.4 Å². The van der Waals surface area contributed by atoms with E-state index in [1.807, 2.05) is 17.8 Å². The second kappa shape index (κ2) is 7.04. The van der Waals surface area contributed by atoms with Crippen LogP contribution in [0.25, 0.3) is 0 Å². The molecule has 0 unspecified atom stereocenters. The molecule has 0 aliphatic rings. The van der Waals surface area contributed by atoms with E-state index in [1.165, 1.54) is 5.56 Å². The summed E-state index contributed by atoms with van der Waals surface area (Å²) in [6.07, 6.45) is 0. The smallest absolute Gasteiger partial charge is 0.0592 e. The van der Waals surface area contributed by atoms with Crippen LogP contribution in [0.4, 0.5) is 0 Å². The second-order valence-corrected chi connectivity index (χ2v) is 6.30. The van der Waals surface area contributed by atoms with Crippen molar-refractivity contribution in [3.63, 3.8) is 0 Å². The summed E-state index contributed by atoms with van der Waals surface area (Å²) < 4.78 is 0. The SMILES string of the molecule is CC(C)(C)N[C@H](CO)CSCc1ccccc1. The molecule has 2 N–H and O–H groups in total. The third-order valence-corrected chi connectivity index (χ3v) is 3.46. The van der Waals surface area contributed by atoms with Gasteiger partial charge in [-0.1, -0.05) is 30.3 Å². The zero-order valence-electron chi connectivity index (χ0n) is 10.9. The predicted molar refractivity (Wildman–Crippen MR) is 76.4 cm³/mol. The normalized spacial score (nSPS) is 13.6. The van der Waals surface area contributed by atoms with Gasteiger partial charge >= 0.3 is 0 Å². The zero-order chi connectivity index (χ0) is 12.7. The molecule has 0 saturated heterocycles. The summed E-state index contributed by atoms with van der Waals surface area (Å²) in [6, 6.07) is 10.6. The Morgan fingerprint density at radius 2 is 1.88 bits per heavy atom. The molecule has 0 spiro atoms. The van der Waals surface area contributed by atoms with Crippen LogP contribution in [0.15, 0.2) is 30.3 Å². The molecule has 0 saturated carbocycles. The fourth-order valence-corrected chi connectivity index (χ4v) is 2.66. The summed E-state index contributed by atoms with van der Waals surface area (Å²) in [5, 5.41) is 12.7. The van der Waals surface area contributed by atoms with E-state index in [4.69, 9.17) is 0 Å². The topological polar surface area (TPSA) is 32.3 Å². The van der Waals surface area contributed by atoms with Gasteiger partial charge in [-0.05, 0) is 26.3 Å². The lowest BCUT2D eigenvalue weighted by molar-refractivity contribution is 0.228. The average Bonchev–Trinajstić information content (AvgIpc) is 2.27. The van der Waals surface area contributed by atoms with Crippen molar-refractivity contribution in [2.24, 2.45) is 0 Å². The number of hydrogen-bond acceptors (Lipinski definition) is 3. The Morgan fingerprint density at radius 1 is 1.24 bits per heavy atom. The van der Waals surface area contributed by atoms with Crippen molar-refractivity contribution in [2.45, 2.75) is 38.1 Å². The van der Waals surface area contributed by atoms with Gasteiger partial charge in [-0.25, -0.2) is 0 Å². The van der Waals surface area contributed by atoms with Crippen LogP contribution in [0.5, 0.6) is 0 Å². The highest BCUT2D eigenvalue weighted by Crippen LogP contribution is 2.14. The van der Waals surface area contributed by atoms with Gasteiger partial charge in [0.25, 0.3) is 0 Å². The van der Waals surface area contributed by atoms with Crippen LogP contribution >= 0.6 is 11.8 Å². The lowest BCUT2D eigenvalue weighted by atomic mass is 10.1. The monoisotopic (exact) mass is 253 g/mol. The van der Waals surface area contributed by atoms with Crippen LogP contribution in [0.3, 0.4) is 0 Å². The third kappa shape index (κ3) is 6.71. The lowest BCUT2D eigenvalue weighted by Crippen LogP contribution is -2.46. The van der Waals surface area contributed by atoms with E-state index >= 15 is 0 Å². The van der Waals surface area contributed by atoms with E-state index < -0.39 is 0 Å². The largest absolute Gasteiger partial charge is 0.395 e. The van der Waals surface area contributed by atoms with E-state index in [2.05, 4.69) is 50.4 Å². The van der Waals surface area contributed by atoms with Crippen LogP contribution < -0.4 is 5.32 Å². The molecular formula is C14H23NOS. The molecule has 1 rings (SSSR count). The summed E-state index contributed by atoms with van der Waals surface area (Å²) in [5.74, 6) is 1.94. The summed E-state index contributed by atoms with van der Waals surface area (Å²) in [4.78, 5) is 0. The van der Waals surface area contributed by atoms with Gasteiger partial charge in [0.1, 0.15) is 0 Å². The van der Waals surface area contributed by atoms with E-state index in [1.54, 1.807) is 0 Å². The van der Waals surface area contributed by atoms with Gasteiger partial charge in [-0.3, -0.25) is 0 Å². The molecule has 1 aromatic carbocycles. The molecule has 0 heterocycles. The van der Waals surface area contributed by atoms with Crippen molar-refractivity contribution in [3.05, 3.63) is 35.9 Å². The summed E-state index contributed by atoms with van der Waals surface area (Å²) in [7, 11) is 0. The highest BCUT2D eigenvalue weighted by Gasteiger charge is 2.16. The average molecular weight is 253 g/mol. The van der Waals surface area contributed by atoms with E-state index in [0.717, 1.165) is 11.5 Å². The van der Waals surface area contributed by atoms with Crippen LogP contribution in [0, 0.1) is 0 Å². The first kappa shape index (κ1) is 14.6. The molecule has 0 aromatic heterocycles. The quantitative estimate of drug-likeness (QED) is 0.817. The van der Waals surface area contributed by atoms with Crippen LogP contribution in [-0.4, -0.2) is 29.0 Å². The number of aliphatic hydroxyl groups is 1. The molecule has 1 aromatic rings. The fourth-order valence-electron chi connectivity index (χ4n) is 1.65. The number of hydrogen-bond donors (Lipinski definition) is 2. The molecular weight excluding hydrogens is 230 g/mol. The van der Waals surface area contributed by atoms with Gasteiger partial charge in [0.2, 0.25) is 0 Å². The molecule has 0 bridgehead atoms. The Morgan fingerprint density at radius 3 is 2.41 bits per heavy atom. The molecule has 0 aliphatic heterocycles. The third-order valence-electron chi connectivity index (χ3n) is 2.29. The van der Waals surface area contributed by atoms with Crippen molar-refractivity contribution in [3.8, 4) is 0 Å². The summed E-state index contributed by atoms with van der Waals surface area (Å²) >= 11 is 1.86. The molecule has 2 nitrogen and oxygen atoms in total. The highest BCUT2D eigenvalue weighted by molar-refractivity contribution is 7.98. The van der Waals surface area contributed by atoms with Crippen LogP contribution in [-0.2, 0) is 5.75 Å². The number of thioether (sulfide) groups is 1. The number of nitrogens with one attached hydrogen (secondary N) is 1. The first-order valence-corrected chi connectivity index (χ1v) is 7.17. The van der Waals surface area contributed by atoms with Gasteiger partial charge in [-0.2, -0.15) is 11.8 Å². The molecule has 1 atom stereocenters. The maximum absolute atomic E-state index is 9.31. The summed E-state index contributed by atoms with van der Waals surface area (Å²) in [5.41, 5.74) is 1.39. The van der Waals surface area contributed by atoms with Crippen LogP contribution in [0.1, 0.15) is 26.3 Å². The zero-order valence-corrected chi connectivity index (χ0v) is 11.8. The molecule has 0 fully saturated rings. The Labute approximate surface area is 109 Å². The standard InChI is InChI=1S/C14H23NOS/c1-14(2,3)15-13(9-16)11-17-10-12-7-5-4-6-8-12/h4-8,13,15-16H,9-11H2,1-3H3/t13-/m1/s1. The summed E-state index contributed by atoms with van der Waals surface area (Å²) in [6.45, 7) is 6.56. The van der Waals surface area contributed by atoms with Gasteiger partial charge in [0.15, 0.2) is 0 Å². The predicted octanol–water partition coefficient (Wildman–Crippen LogP) is 2.67. The molecule has 0 radical (unpaired) electrons. The highest BCUT2D eigenvalue weighted by atomic mass is 32.2. The molecule has 0 aliphatic carbocycles. The van der Waals surface area contributed by atoms with Crippen molar-refractivity contribution in [1.29, 1.82) is 0 Å². The molecule has 17 heavy (non-hydrogen) atoms. The second-order valence-electron chi connectivity index (χ2n) is 5.27. The van der Waals surface area contributed by atoms with Gasteiger partial charge in [0.05, 0.1) is 6.61 Å². The first-order chi connectivity index (χ1) is 8.01. The van der Waals surface area contributed by atoms with Gasteiger partial charge in [-0.15, -0.1) is 0 Å². The van der Waals surface area contributed by atoms with Crippen molar-refractivity contribution >= 4 is 11.8 Å². The van der Waals surface area contributed by atoms with Crippen molar-refractivity contribution in [2.75, 3.05) is 12.4 Å². The van der Waals surface area contributed by atoms with E-state index in [9.17, 15) is 5.11 Å². The van der Waals surface area contributed by atoms with E-state index in [-0.39, 0.29) is 18.2 Å². The number of rotatable bonds is 6. The fraction of sp³-hybridized carbons (Fsp3) is 0.571. The minimum atomic E-state index is 0.0563. The molecule has 3 heteroatoms. The van der Waals surface area contributed by atoms with Crippen LogP contribution in [0.2, 0.25) is 0 Å². The Bertz CT molecular complexity index is 308. The van der Waals surface area contributed by atoms with Crippen molar-refractivity contribution < 1.29 is 5.11 Å². The number of benzene rings is 1. The van der Waals surface area contributed by atoms with E-state index in [0.29, 0.717) is 0 Å². The minimum Gasteiger partial charge on any atom is -0.395 e.